The Kier molecular flexibility index (Phi) is 6.97. The van der Waals surface area contributed by atoms with Crippen molar-refractivity contribution < 1.29 is 4.74 Å². The molecule has 0 spiro atoms. The van der Waals surface area contributed by atoms with Crippen molar-refractivity contribution >= 4 is 0 Å². The molecule has 0 bridgehead atoms. The van der Waals surface area contributed by atoms with Crippen LogP contribution in [0, 0.1) is 11.3 Å². The zero-order valence-corrected chi connectivity index (χ0v) is 14.5. The fourth-order valence-corrected chi connectivity index (χ4v) is 4.06. The van der Waals surface area contributed by atoms with Gasteiger partial charge in [-0.15, -0.1) is 0 Å². The molecule has 0 aromatic rings. The van der Waals surface area contributed by atoms with Gasteiger partial charge in [0.05, 0.1) is 6.61 Å². The molecule has 0 aromatic carbocycles. The molecule has 2 fully saturated rings. The Bertz CT molecular complexity index is 281. The molecular weight excluding hydrogens is 260 g/mol. The van der Waals surface area contributed by atoms with Gasteiger partial charge in [0.1, 0.15) is 0 Å². The minimum absolute atomic E-state index is 0.339. The highest BCUT2D eigenvalue weighted by Crippen LogP contribution is 2.32. The molecule has 3 nitrogen and oxygen atoms in total. The Hall–Kier alpha value is -0.120. The van der Waals surface area contributed by atoms with Gasteiger partial charge in [-0.3, -0.25) is 4.90 Å². The van der Waals surface area contributed by atoms with Crippen molar-refractivity contribution in [3.8, 4) is 0 Å². The van der Waals surface area contributed by atoms with Crippen molar-refractivity contribution in [3.63, 3.8) is 0 Å². The van der Waals surface area contributed by atoms with Crippen LogP contribution in [0.3, 0.4) is 0 Å². The van der Waals surface area contributed by atoms with E-state index in [0.29, 0.717) is 5.41 Å². The van der Waals surface area contributed by atoms with Gasteiger partial charge in [0.15, 0.2) is 0 Å². The van der Waals surface area contributed by atoms with Crippen LogP contribution in [0.1, 0.15) is 59.3 Å². The standard InChI is InChI=1S/C18H36N2O/c1-4-20(17-8-5-6-9-17)14-18(10-7-11-21-15-18)13-19-12-16(2)3/h16-17,19H,4-15H2,1-3H3. The predicted octanol–water partition coefficient (Wildman–Crippen LogP) is 3.29. The number of nitrogens with zero attached hydrogens (tertiary/aromatic N) is 1. The molecule has 1 heterocycles. The first-order valence-corrected chi connectivity index (χ1v) is 9.18. The summed E-state index contributed by atoms with van der Waals surface area (Å²) in [5, 5.41) is 3.71. The number of nitrogens with one attached hydrogen (secondary N) is 1. The second-order valence-electron chi connectivity index (χ2n) is 7.68. The number of ether oxygens (including phenoxy) is 1. The molecule has 0 radical (unpaired) electrons. The molecule has 0 amide bonds. The fourth-order valence-electron chi connectivity index (χ4n) is 4.06. The first kappa shape index (κ1) is 17.2. The Morgan fingerprint density at radius 3 is 2.57 bits per heavy atom. The van der Waals surface area contributed by atoms with Gasteiger partial charge in [0.25, 0.3) is 0 Å². The average Bonchev–Trinajstić information content (AvgIpc) is 2.99. The third kappa shape index (κ3) is 5.22. The highest BCUT2D eigenvalue weighted by Gasteiger charge is 2.36. The second-order valence-corrected chi connectivity index (χ2v) is 7.68. The van der Waals surface area contributed by atoms with E-state index in [0.717, 1.165) is 38.3 Å². The van der Waals surface area contributed by atoms with Crippen molar-refractivity contribution in [2.24, 2.45) is 11.3 Å². The van der Waals surface area contributed by atoms with E-state index in [-0.39, 0.29) is 0 Å². The van der Waals surface area contributed by atoms with Gasteiger partial charge < -0.3 is 10.1 Å². The van der Waals surface area contributed by atoms with Crippen LogP contribution in [0.5, 0.6) is 0 Å². The lowest BCUT2D eigenvalue weighted by Crippen LogP contribution is -2.51. The Balaban J connectivity index is 1.93. The van der Waals surface area contributed by atoms with E-state index in [2.05, 4.69) is 31.0 Å². The van der Waals surface area contributed by atoms with E-state index >= 15 is 0 Å². The Morgan fingerprint density at radius 1 is 1.24 bits per heavy atom. The summed E-state index contributed by atoms with van der Waals surface area (Å²) in [4.78, 5) is 2.75. The summed E-state index contributed by atoms with van der Waals surface area (Å²) in [7, 11) is 0. The summed E-state index contributed by atoms with van der Waals surface area (Å²) in [5.74, 6) is 0.726. The van der Waals surface area contributed by atoms with E-state index in [1.54, 1.807) is 0 Å². The summed E-state index contributed by atoms with van der Waals surface area (Å²) in [6.07, 6.45) is 8.22. The van der Waals surface area contributed by atoms with Crippen LogP contribution in [0.25, 0.3) is 0 Å². The lowest BCUT2D eigenvalue weighted by atomic mass is 9.81. The lowest BCUT2D eigenvalue weighted by Gasteiger charge is -2.43. The van der Waals surface area contributed by atoms with E-state index < -0.39 is 0 Å². The quantitative estimate of drug-likeness (QED) is 0.744. The maximum absolute atomic E-state index is 5.88. The summed E-state index contributed by atoms with van der Waals surface area (Å²) < 4.78 is 5.88. The van der Waals surface area contributed by atoms with Crippen LogP contribution in [-0.4, -0.2) is 50.3 Å². The first-order valence-electron chi connectivity index (χ1n) is 9.18. The maximum atomic E-state index is 5.88. The van der Waals surface area contributed by atoms with Crippen molar-refractivity contribution in [3.05, 3.63) is 0 Å². The minimum Gasteiger partial charge on any atom is -0.381 e. The van der Waals surface area contributed by atoms with Gasteiger partial charge in [-0.1, -0.05) is 33.6 Å². The smallest absolute Gasteiger partial charge is 0.0546 e. The molecule has 1 N–H and O–H groups in total. The third-order valence-electron chi connectivity index (χ3n) is 5.24. The highest BCUT2D eigenvalue weighted by molar-refractivity contribution is 4.90. The molecule has 1 atom stereocenters. The lowest BCUT2D eigenvalue weighted by molar-refractivity contribution is -0.0319. The molecule has 2 rings (SSSR count). The Labute approximate surface area is 131 Å². The average molecular weight is 296 g/mol. The molecule has 3 heteroatoms. The van der Waals surface area contributed by atoms with Crippen LogP contribution in [0.15, 0.2) is 0 Å². The van der Waals surface area contributed by atoms with E-state index in [9.17, 15) is 0 Å². The highest BCUT2D eigenvalue weighted by atomic mass is 16.5. The third-order valence-corrected chi connectivity index (χ3v) is 5.24. The van der Waals surface area contributed by atoms with Gasteiger partial charge in [-0.25, -0.2) is 0 Å². The van der Waals surface area contributed by atoms with Gasteiger partial charge in [-0.05, 0) is 44.7 Å². The van der Waals surface area contributed by atoms with Crippen LogP contribution in [0.2, 0.25) is 0 Å². The minimum atomic E-state index is 0.339. The van der Waals surface area contributed by atoms with Gasteiger partial charge in [-0.2, -0.15) is 0 Å². The molecule has 124 valence electrons. The monoisotopic (exact) mass is 296 g/mol. The number of hydrogen-bond donors (Lipinski definition) is 1. The van der Waals surface area contributed by atoms with Gasteiger partial charge in [0, 0.05) is 31.2 Å². The zero-order chi connectivity index (χ0) is 15.1. The van der Waals surface area contributed by atoms with Crippen molar-refractivity contribution in [1.82, 2.24) is 10.2 Å². The zero-order valence-electron chi connectivity index (χ0n) is 14.5. The molecule has 1 saturated heterocycles. The van der Waals surface area contributed by atoms with Gasteiger partial charge >= 0.3 is 0 Å². The predicted molar refractivity (Wildman–Crippen MR) is 89.7 cm³/mol. The molecule has 1 saturated carbocycles. The molecule has 21 heavy (non-hydrogen) atoms. The van der Waals surface area contributed by atoms with E-state index in [4.69, 9.17) is 4.74 Å². The normalized spacial score (nSPS) is 27.9. The van der Waals surface area contributed by atoms with Crippen molar-refractivity contribution in [2.75, 3.05) is 39.4 Å². The summed E-state index contributed by atoms with van der Waals surface area (Å²) >= 11 is 0. The van der Waals surface area contributed by atoms with Crippen molar-refractivity contribution in [1.29, 1.82) is 0 Å². The van der Waals surface area contributed by atoms with E-state index in [1.807, 2.05) is 0 Å². The van der Waals surface area contributed by atoms with E-state index in [1.165, 1.54) is 51.6 Å². The first-order chi connectivity index (χ1) is 10.2. The molecule has 1 unspecified atom stereocenters. The summed E-state index contributed by atoms with van der Waals surface area (Å²) in [6, 6.07) is 0.832. The van der Waals surface area contributed by atoms with Crippen LogP contribution in [0.4, 0.5) is 0 Å². The van der Waals surface area contributed by atoms with Crippen LogP contribution >= 0.6 is 0 Å². The van der Waals surface area contributed by atoms with Crippen LogP contribution < -0.4 is 5.32 Å². The summed E-state index contributed by atoms with van der Waals surface area (Å²) in [5.41, 5.74) is 0.339. The molecule has 2 aliphatic rings. The number of hydrogen-bond acceptors (Lipinski definition) is 3. The molecule has 0 aromatic heterocycles. The second kappa shape index (κ2) is 8.50. The number of rotatable bonds is 8. The fraction of sp³-hybridized carbons (Fsp3) is 1.00. The van der Waals surface area contributed by atoms with Crippen molar-refractivity contribution in [2.45, 2.75) is 65.3 Å². The SMILES string of the molecule is CCN(CC1(CNCC(C)C)CCCOC1)C1CCCC1. The van der Waals surface area contributed by atoms with Crippen LogP contribution in [-0.2, 0) is 4.74 Å². The summed E-state index contributed by atoms with van der Waals surface area (Å²) in [6.45, 7) is 13.5. The Morgan fingerprint density at radius 2 is 2.00 bits per heavy atom. The molecule has 1 aliphatic carbocycles. The topological polar surface area (TPSA) is 24.5 Å². The van der Waals surface area contributed by atoms with Gasteiger partial charge in [0.2, 0.25) is 0 Å². The maximum Gasteiger partial charge on any atom is 0.0546 e. The largest absolute Gasteiger partial charge is 0.381 e. The molecular formula is C18H36N2O. The molecule has 1 aliphatic heterocycles.